The van der Waals surface area contributed by atoms with Crippen LogP contribution >= 0.6 is 0 Å². The number of nitrogens with zero attached hydrogens (tertiary/aromatic N) is 4. The third kappa shape index (κ3) is 4.01. The first-order valence-corrected chi connectivity index (χ1v) is 9.56. The molecule has 0 aliphatic carbocycles. The molecule has 1 aliphatic rings. The molecule has 0 saturated carbocycles. The molecule has 1 atom stereocenters. The summed E-state index contributed by atoms with van der Waals surface area (Å²) in [5.74, 6) is 0.217. The van der Waals surface area contributed by atoms with Gasteiger partial charge in [-0.3, -0.25) is 25.0 Å². The predicted octanol–water partition coefficient (Wildman–Crippen LogP) is 2.98. The number of aromatic amines is 1. The fraction of sp³-hybridized carbons (Fsp3) is 0.286. The lowest BCUT2D eigenvalue weighted by atomic mass is 10.0. The molecule has 2 N–H and O–H groups in total. The van der Waals surface area contributed by atoms with Crippen molar-refractivity contribution in [2.45, 2.75) is 26.2 Å². The second-order valence-corrected chi connectivity index (χ2v) is 7.37. The summed E-state index contributed by atoms with van der Waals surface area (Å²) < 4.78 is 0. The average molecular weight is 390 g/mol. The van der Waals surface area contributed by atoms with Crippen LogP contribution < -0.4 is 10.2 Å². The van der Waals surface area contributed by atoms with Crippen LogP contribution in [0.4, 0.5) is 11.6 Å². The number of rotatable bonds is 5. The van der Waals surface area contributed by atoms with Crippen molar-refractivity contribution in [3.05, 3.63) is 54.2 Å². The number of hydrogen-bond acceptors (Lipinski definition) is 5. The average Bonchev–Trinajstić information content (AvgIpc) is 3.35. The minimum absolute atomic E-state index is 0.0600. The Morgan fingerprint density at radius 2 is 2.10 bits per heavy atom. The summed E-state index contributed by atoms with van der Waals surface area (Å²) in [7, 11) is 0. The van der Waals surface area contributed by atoms with Crippen molar-refractivity contribution in [1.82, 2.24) is 20.2 Å². The first-order valence-electron chi connectivity index (χ1n) is 9.56. The Hall–Kier alpha value is -3.55. The fourth-order valence-electron chi connectivity index (χ4n) is 3.33. The molecule has 1 aromatic carbocycles. The SMILES string of the molecule is CC(C)c1cccc(N2CC(C(=O)Nc3n[nH]c(-c4ccccn4)n3)CC2=O)c1. The van der Waals surface area contributed by atoms with E-state index in [9.17, 15) is 9.59 Å². The van der Waals surface area contributed by atoms with E-state index in [1.807, 2.05) is 36.4 Å². The van der Waals surface area contributed by atoms with Crippen LogP contribution in [0.3, 0.4) is 0 Å². The molecule has 0 radical (unpaired) electrons. The van der Waals surface area contributed by atoms with Gasteiger partial charge in [0.2, 0.25) is 17.8 Å². The lowest BCUT2D eigenvalue weighted by Gasteiger charge is -2.18. The van der Waals surface area contributed by atoms with Crippen molar-refractivity contribution in [3.8, 4) is 11.5 Å². The van der Waals surface area contributed by atoms with Crippen LogP contribution in [-0.2, 0) is 9.59 Å². The number of hydrogen-bond donors (Lipinski definition) is 2. The highest BCUT2D eigenvalue weighted by atomic mass is 16.2. The summed E-state index contributed by atoms with van der Waals surface area (Å²) in [6.07, 6.45) is 1.82. The maximum atomic E-state index is 12.7. The van der Waals surface area contributed by atoms with Gasteiger partial charge < -0.3 is 4.90 Å². The molecule has 1 fully saturated rings. The van der Waals surface area contributed by atoms with E-state index in [1.54, 1.807) is 17.2 Å². The van der Waals surface area contributed by atoms with E-state index in [0.717, 1.165) is 11.3 Å². The van der Waals surface area contributed by atoms with E-state index in [-0.39, 0.29) is 24.2 Å². The third-order valence-corrected chi connectivity index (χ3v) is 4.97. The lowest BCUT2D eigenvalue weighted by molar-refractivity contribution is -0.122. The first kappa shape index (κ1) is 18.8. The third-order valence-electron chi connectivity index (χ3n) is 4.97. The molecular weight excluding hydrogens is 368 g/mol. The van der Waals surface area contributed by atoms with Gasteiger partial charge in [-0.1, -0.05) is 32.0 Å². The van der Waals surface area contributed by atoms with Crippen LogP contribution in [-0.4, -0.2) is 38.5 Å². The van der Waals surface area contributed by atoms with Crippen molar-refractivity contribution in [2.75, 3.05) is 16.8 Å². The molecule has 1 unspecified atom stereocenters. The molecule has 2 aromatic heterocycles. The van der Waals surface area contributed by atoms with Crippen LogP contribution in [0.5, 0.6) is 0 Å². The Labute approximate surface area is 168 Å². The normalized spacial score (nSPS) is 16.4. The van der Waals surface area contributed by atoms with Crippen LogP contribution in [0.2, 0.25) is 0 Å². The van der Waals surface area contributed by atoms with Crippen molar-refractivity contribution in [2.24, 2.45) is 5.92 Å². The quantitative estimate of drug-likeness (QED) is 0.697. The number of carbonyl (C=O) groups is 2. The molecule has 1 aliphatic heterocycles. The molecular formula is C21H22N6O2. The topological polar surface area (TPSA) is 104 Å². The predicted molar refractivity (Wildman–Crippen MR) is 109 cm³/mol. The monoisotopic (exact) mass is 390 g/mol. The number of amides is 2. The summed E-state index contributed by atoms with van der Waals surface area (Å²) in [5, 5.41) is 9.48. The van der Waals surface area contributed by atoms with E-state index < -0.39 is 5.92 Å². The summed E-state index contributed by atoms with van der Waals surface area (Å²) in [4.78, 5) is 35.3. The highest BCUT2D eigenvalue weighted by Gasteiger charge is 2.35. The molecule has 29 heavy (non-hydrogen) atoms. The minimum atomic E-state index is -0.456. The lowest BCUT2D eigenvalue weighted by Crippen LogP contribution is -2.28. The smallest absolute Gasteiger partial charge is 0.249 e. The number of carbonyl (C=O) groups excluding carboxylic acids is 2. The van der Waals surface area contributed by atoms with Gasteiger partial charge in [0.1, 0.15) is 5.69 Å². The Balaban J connectivity index is 1.43. The number of benzene rings is 1. The van der Waals surface area contributed by atoms with Crippen molar-refractivity contribution in [1.29, 1.82) is 0 Å². The van der Waals surface area contributed by atoms with Crippen LogP contribution in [0.15, 0.2) is 48.7 Å². The molecule has 2 amide bonds. The Kier molecular flexibility index (Phi) is 5.07. The standard InChI is InChI=1S/C21H22N6O2/c1-13(2)14-6-5-7-16(10-14)27-12-15(11-18(27)28)20(29)24-21-23-19(25-26-21)17-8-3-4-9-22-17/h3-10,13,15H,11-12H2,1-2H3,(H2,23,24,25,26,29). The van der Waals surface area contributed by atoms with Gasteiger partial charge in [-0.15, -0.1) is 5.10 Å². The number of pyridine rings is 1. The van der Waals surface area contributed by atoms with Gasteiger partial charge in [-0.2, -0.15) is 4.98 Å². The van der Waals surface area contributed by atoms with Gasteiger partial charge in [-0.25, -0.2) is 0 Å². The van der Waals surface area contributed by atoms with Gasteiger partial charge in [0, 0.05) is 24.8 Å². The molecule has 0 spiro atoms. The van der Waals surface area contributed by atoms with E-state index in [0.29, 0.717) is 24.0 Å². The molecule has 8 heteroatoms. The number of anilines is 2. The Morgan fingerprint density at radius 1 is 1.24 bits per heavy atom. The summed E-state index contributed by atoms with van der Waals surface area (Å²) in [6.45, 7) is 4.55. The van der Waals surface area contributed by atoms with Crippen LogP contribution in [0, 0.1) is 5.92 Å². The van der Waals surface area contributed by atoms with Gasteiger partial charge in [-0.05, 0) is 35.7 Å². The fourth-order valence-corrected chi connectivity index (χ4v) is 3.33. The molecule has 8 nitrogen and oxygen atoms in total. The van der Waals surface area contributed by atoms with E-state index in [1.165, 1.54) is 0 Å². The molecule has 3 aromatic rings. The number of H-pyrrole nitrogens is 1. The van der Waals surface area contributed by atoms with E-state index >= 15 is 0 Å². The van der Waals surface area contributed by atoms with Crippen molar-refractivity contribution < 1.29 is 9.59 Å². The zero-order chi connectivity index (χ0) is 20.4. The first-order chi connectivity index (χ1) is 14.0. The maximum absolute atomic E-state index is 12.7. The van der Waals surface area contributed by atoms with Gasteiger partial charge >= 0.3 is 0 Å². The minimum Gasteiger partial charge on any atom is -0.312 e. The van der Waals surface area contributed by atoms with E-state index in [4.69, 9.17) is 0 Å². The molecule has 148 valence electrons. The Morgan fingerprint density at radius 3 is 2.86 bits per heavy atom. The largest absolute Gasteiger partial charge is 0.312 e. The Bertz CT molecular complexity index is 1030. The zero-order valence-corrected chi connectivity index (χ0v) is 16.3. The van der Waals surface area contributed by atoms with Crippen LogP contribution in [0.1, 0.15) is 31.7 Å². The molecule has 0 bridgehead atoms. The number of nitrogens with one attached hydrogen (secondary N) is 2. The van der Waals surface area contributed by atoms with Crippen LogP contribution in [0.25, 0.3) is 11.5 Å². The van der Waals surface area contributed by atoms with Gasteiger partial charge in [0.15, 0.2) is 5.82 Å². The highest BCUT2D eigenvalue weighted by Crippen LogP contribution is 2.28. The second-order valence-electron chi connectivity index (χ2n) is 7.37. The molecule has 1 saturated heterocycles. The van der Waals surface area contributed by atoms with Crippen molar-refractivity contribution >= 4 is 23.5 Å². The summed E-state index contributed by atoms with van der Waals surface area (Å²) in [5.41, 5.74) is 2.62. The number of aromatic nitrogens is 4. The maximum Gasteiger partial charge on any atom is 0.249 e. The summed E-state index contributed by atoms with van der Waals surface area (Å²) >= 11 is 0. The van der Waals surface area contributed by atoms with Crippen molar-refractivity contribution in [3.63, 3.8) is 0 Å². The molecule has 3 heterocycles. The van der Waals surface area contributed by atoms with E-state index in [2.05, 4.69) is 39.3 Å². The van der Waals surface area contributed by atoms with Gasteiger partial charge in [0.25, 0.3) is 0 Å². The highest BCUT2D eigenvalue weighted by molar-refractivity contribution is 6.03. The second kappa shape index (κ2) is 7.83. The van der Waals surface area contributed by atoms with Gasteiger partial charge in [0.05, 0.1) is 5.92 Å². The molecule has 4 rings (SSSR count). The zero-order valence-electron chi connectivity index (χ0n) is 16.3. The summed E-state index contributed by atoms with van der Waals surface area (Å²) in [6, 6.07) is 13.3.